The molecule has 0 unspecified atom stereocenters. The van der Waals surface area contributed by atoms with Gasteiger partial charge in [0.05, 0.1) is 0 Å². The average Bonchev–Trinajstić information content (AvgIpc) is 3.18. The highest BCUT2D eigenvalue weighted by molar-refractivity contribution is 7.08. The maximum absolute atomic E-state index is 11.8. The molecule has 0 saturated heterocycles. The number of hydrogen-bond donors (Lipinski definition) is 2. The lowest BCUT2D eigenvalue weighted by Gasteiger charge is -2.15. The summed E-state index contributed by atoms with van der Waals surface area (Å²) in [6.07, 6.45) is 5.86. The maximum Gasteiger partial charge on any atom is 0.331 e. The second kappa shape index (κ2) is 8.47. The Labute approximate surface area is 138 Å². The molecule has 0 radical (unpaired) electrons. The first-order chi connectivity index (χ1) is 11.0. The average molecular weight is 336 g/mol. The summed E-state index contributed by atoms with van der Waals surface area (Å²) in [5, 5.41) is 8.71. The summed E-state index contributed by atoms with van der Waals surface area (Å²) in [6.45, 7) is 1.43. The smallest absolute Gasteiger partial charge is 0.331 e. The van der Waals surface area contributed by atoms with Crippen molar-refractivity contribution in [3.05, 3.63) is 28.5 Å². The number of thiophene rings is 1. The van der Waals surface area contributed by atoms with E-state index in [1.165, 1.54) is 24.3 Å². The fraction of sp³-hybridized carbons (Fsp3) is 0.438. The highest BCUT2D eigenvalue weighted by Gasteiger charge is 2.22. The Morgan fingerprint density at radius 1 is 1.35 bits per heavy atom. The molecule has 1 fully saturated rings. The van der Waals surface area contributed by atoms with E-state index < -0.39 is 24.0 Å². The van der Waals surface area contributed by atoms with Crippen molar-refractivity contribution in [2.45, 2.75) is 44.8 Å². The number of hydrogen-bond acceptors (Lipinski definition) is 5. The van der Waals surface area contributed by atoms with Gasteiger partial charge in [0.25, 0.3) is 5.91 Å². The van der Waals surface area contributed by atoms with E-state index in [1.807, 2.05) is 16.8 Å². The van der Waals surface area contributed by atoms with Gasteiger partial charge in [-0.3, -0.25) is 10.1 Å². The molecule has 1 aliphatic carbocycles. The number of urea groups is 1. The van der Waals surface area contributed by atoms with E-state index in [4.69, 9.17) is 4.74 Å². The molecule has 0 bridgehead atoms. The Bertz CT molecular complexity index is 577. The first-order valence-corrected chi connectivity index (χ1v) is 8.51. The normalized spacial score (nSPS) is 16.2. The Kier molecular flexibility index (Phi) is 6.34. The predicted octanol–water partition coefficient (Wildman–Crippen LogP) is 2.46. The lowest BCUT2D eigenvalue weighted by atomic mass is 10.2. The van der Waals surface area contributed by atoms with E-state index >= 15 is 0 Å². The summed E-state index contributed by atoms with van der Waals surface area (Å²) < 4.78 is 4.97. The van der Waals surface area contributed by atoms with Gasteiger partial charge in [0, 0.05) is 12.1 Å². The van der Waals surface area contributed by atoms with Crippen LogP contribution in [0.15, 0.2) is 22.9 Å². The van der Waals surface area contributed by atoms with Crippen LogP contribution in [0.25, 0.3) is 6.08 Å². The second-order valence-corrected chi connectivity index (χ2v) is 6.19. The molecule has 2 rings (SSSR count). The molecule has 1 aromatic heterocycles. The second-order valence-electron chi connectivity index (χ2n) is 5.41. The van der Waals surface area contributed by atoms with E-state index in [-0.39, 0.29) is 6.04 Å². The molecule has 0 spiro atoms. The fourth-order valence-corrected chi connectivity index (χ4v) is 2.93. The molecule has 23 heavy (non-hydrogen) atoms. The minimum Gasteiger partial charge on any atom is -0.449 e. The van der Waals surface area contributed by atoms with Crippen molar-refractivity contribution in [1.82, 2.24) is 10.6 Å². The lowest BCUT2D eigenvalue weighted by molar-refractivity contribution is -0.149. The summed E-state index contributed by atoms with van der Waals surface area (Å²) in [5.74, 6) is -1.27. The van der Waals surface area contributed by atoms with Crippen LogP contribution in [-0.2, 0) is 14.3 Å². The number of carbonyl (C=O) groups excluding carboxylic acids is 3. The van der Waals surface area contributed by atoms with Crippen molar-refractivity contribution in [1.29, 1.82) is 0 Å². The summed E-state index contributed by atoms with van der Waals surface area (Å²) >= 11 is 1.52. The number of rotatable bonds is 5. The van der Waals surface area contributed by atoms with Crippen LogP contribution in [0.4, 0.5) is 4.79 Å². The molecule has 1 heterocycles. The van der Waals surface area contributed by atoms with Crippen LogP contribution in [-0.4, -0.2) is 30.1 Å². The van der Waals surface area contributed by atoms with E-state index in [0.29, 0.717) is 0 Å². The third kappa shape index (κ3) is 5.86. The molecule has 0 aromatic carbocycles. The molecular weight excluding hydrogens is 316 g/mol. The standard InChI is InChI=1S/C16H20N2O4S/c1-11(22-14(19)7-6-12-8-9-23-10-12)15(20)18-16(21)17-13-4-2-3-5-13/h6-11,13H,2-5H2,1H3,(H2,17,18,20,21)/b7-6+/t11-/m0/s1. The number of imide groups is 1. The Balaban J connectivity index is 1.73. The largest absolute Gasteiger partial charge is 0.449 e. The number of nitrogens with one attached hydrogen (secondary N) is 2. The van der Waals surface area contributed by atoms with Crippen LogP contribution in [0, 0.1) is 0 Å². The van der Waals surface area contributed by atoms with Crippen molar-refractivity contribution in [3.63, 3.8) is 0 Å². The van der Waals surface area contributed by atoms with Gasteiger partial charge in [-0.15, -0.1) is 0 Å². The zero-order valence-corrected chi connectivity index (χ0v) is 13.7. The highest BCUT2D eigenvalue weighted by Crippen LogP contribution is 2.17. The van der Waals surface area contributed by atoms with Crippen LogP contribution in [0.2, 0.25) is 0 Å². The van der Waals surface area contributed by atoms with Gasteiger partial charge in [-0.2, -0.15) is 11.3 Å². The van der Waals surface area contributed by atoms with Gasteiger partial charge >= 0.3 is 12.0 Å². The molecular formula is C16H20N2O4S. The SMILES string of the molecule is C[C@H](OC(=O)/C=C/c1ccsc1)C(=O)NC(=O)NC1CCCC1. The van der Waals surface area contributed by atoms with E-state index in [9.17, 15) is 14.4 Å². The Morgan fingerprint density at radius 3 is 2.74 bits per heavy atom. The number of amides is 3. The minimum absolute atomic E-state index is 0.120. The van der Waals surface area contributed by atoms with E-state index in [0.717, 1.165) is 31.2 Å². The fourth-order valence-electron chi connectivity index (χ4n) is 2.31. The first kappa shape index (κ1) is 17.2. The van der Waals surface area contributed by atoms with Gasteiger partial charge in [0.2, 0.25) is 0 Å². The van der Waals surface area contributed by atoms with Crippen LogP contribution >= 0.6 is 11.3 Å². The molecule has 1 aromatic rings. The first-order valence-electron chi connectivity index (χ1n) is 7.57. The van der Waals surface area contributed by atoms with Crippen LogP contribution in [0.1, 0.15) is 38.2 Å². The van der Waals surface area contributed by atoms with E-state index in [2.05, 4.69) is 10.6 Å². The van der Waals surface area contributed by atoms with Crippen LogP contribution < -0.4 is 10.6 Å². The van der Waals surface area contributed by atoms with Gasteiger partial charge in [-0.05, 0) is 48.2 Å². The Hall–Kier alpha value is -2.15. The zero-order chi connectivity index (χ0) is 16.7. The van der Waals surface area contributed by atoms with Gasteiger partial charge in [0.1, 0.15) is 0 Å². The molecule has 7 heteroatoms. The van der Waals surface area contributed by atoms with Crippen molar-refractivity contribution < 1.29 is 19.1 Å². The molecule has 1 saturated carbocycles. The van der Waals surface area contributed by atoms with Gasteiger partial charge in [0.15, 0.2) is 6.10 Å². The third-order valence-electron chi connectivity index (χ3n) is 3.54. The van der Waals surface area contributed by atoms with Gasteiger partial charge < -0.3 is 10.1 Å². The van der Waals surface area contributed by atoms with Crippen molar-refractivity contribution in [2.75, 3.05) is 0 Å². The highest BCUT2D eigenvalue weighted by atomic mass is 32.1. The molecule has 6 nitrogen and oxygen atoms in total. The van der Waals surface area contributed by atoms with Gasteiger partial charge in [-0.1, -0.05) is 12.8 Å². The molecule has 2 N–H and O–H groups in total. The van der Waals surface area contributed by atoms with Crippen molar-refractivity contribution >= 4 is 35.3 Å². The zero-order valence-electron chi connectivity index (χ0n) is 12.9. The van der Waals surface area contributed by atoms with E-state index in [1.54, 1.807) is 6.08 Å². The number of ether oxygens (including phenoxy) is 1. The quantitative estimate of drug-likeness (QED) is 0.639. The number of carbonyl (C=O) groups is 3. The van der Waals surface area contributed by atoms with Crippen LogP contribution in [0.5, 0.6) is 0 Å². The molecule has 1 atom stereocenters. The molecule has 3 amide bonds. The summed E-state index contributed by atoms with van der Waals surface area (Å²) in [5.41, 5.74) is 0.889. The molecule has 0 aliphatic heterocycles. The van der Waals surface area contributed by atoms with Crippen LogP contribution in [0.3, 0.4) is 0 Å². The Morgan fingerprint density at radius 2 is 2.09 bits per heavy atom. The predicted molar refractivity (Wildman–Crippen MR) is 87.8 cm³/mol. The maximum atomic E-state index is 11.8. The van der Waals surface area contributed by atoms with Crippen molar-refractivity contribution in [3.8, 4) is 0 Å². The summed E-state index contributed by atoms with van der Waals surface area (Å²) in [4.78, 5) is 35.1. The van der Waals surface area contributed by atoms with Gasteiger partial charge in [-0.25, -0.2) is 9.59 Å². The summed E-state index contributed by atoms with van der Waals surface area (Å²) in [6, 6.07) is 1.44. The number of esters is 1. The third-order valence-corrected chi connectivity index (χ3v) is 4.25. The lowest BCUT2D eigenvalue weighted by Crippen LogP contribution is -2.47. The van der Waals surface area contributed by atoms with Crippen molar-refractivity contribution in [2.24, 2.45) is 0 Å². The minimum atomic E-state index is -1.04. The molecule has 124 valence electrons. The molecule has 1 aliphatic rings. The topological polar surface area (TPSA) is 84.5 Å². The summed E-state index contributed by atoms with van der Waals surface area (Å²) in [7, 11) is 0. The monoisotopic (exact) mass is 336 g/mol.